The van der Waals surface area contributed by atoms with Crippen LogP contribution in [-0.2, 0) is 4.79 Å². The second kappa shape index (κ2) is 8.34. The standard InChI is InChI=1S/C16H21N5OS2/c17-21-15(13-7-4-10-23-13)19-20-16(21)24-11-14(22)18-9-8-12-5-2-1-3-6-12/h4-5,7,10H,1-3,6,8-9,11,17H2,(H,18,22). The molecule has 0 saturated heterocycles. The lowest BCUT2D eigenvalue weighted by molar-refractivity contribution is -0.118. The fourth-order valence-corrected chi connectivity index (χ4v) is 4.02. The quantitative estimate of drug-likeness (QED) is 0.449. The fourth-order valence-electron chi connectivity index (χ4n) is 2.62. The highest BCUT2D eigenvalue weighted by Gasteiger charge is 2.14. The molecule has 3 N–H and O–H groups in total. The molecule has 3 rings (SSSR count). The summed E-state index contributed by atoms with van der Waals surface area (Å²) in [6.07, 6.45) is 8.18. The van der Waals surface area contributed by atoms with Gasteiger partial charge in [-0.05, 0) is 43.6 Å². The molecule has 128 valence electrons. The van der Waals surface area contributed by atoms with E-state index in [1.165, 1.54) is 47.7 Å². The molecule has 2 heterocycles. The number of thioether (sulfide) groups is 1. The van der Waals surface area contributed by atoms with E-state index in [1.54, 1.807) is 11.3 Å². The molecule has 2 aromatic heterocycles. The number of amides is 1. The van der Waals surface area contributed by atoms with Gasteiger partial charge in [0.15, 0.2) is 5.82 Å². The number of hydrogen-bond donors (Lipinski definition) is 2. The Morgan fingerprint density at radius 3 is 3.08 bits per heavy atom. The van der Waals surface area contributed by atoms with Crippen LogP contribution in [0, 0.1) is 0 Å². The van der Waals surface area contributed by atoms with E-state index < -0.39 is 0 Å². The molecular formula is C16H21N5OS2. The number of carbonyl (C=O) groups is 1. The van der Waals surface area contributed by atoms with E-state index in [0.717, 1.165) is 11.3 Å². The molecule has 24 heavy (non-hydrogen) atoms. The van der Waals surface area contributed by atoms with E-state index in [2.05, 4.69) is 21.6 Å². The molecule has 0 bridgehead atoms. The molecule has 1 aliphatic carbocycles. The third-order valence-electron chi connectivity index (χ3n) is 3.89. The van der Waals surface area contributed by atoms with Crippen LogP contribution in [0.2, 0.25) is 0 Å². The maximum absolute atomic E-state index is 12.0. The number of hydrogen-bond acceptors (Lipinski definition) is 6. The predicted octanol–water partition coefficient (Wildman–Crippen LogP) is 2.82. The van der Waals surface area contributed by atoms with Crippen LogP contribution < -0.4 is 11.2 Å². The average Bonchev–Trinajstić information content (AvgIpc) is 3.24. The maximum atomic E-state index is 12.0. The summed E-state index contributed by atoms with van der Waals surface area (Å²) in [4.78, 5) is 12.9. The number of nitrogens with one attached hydrogen (secondary N) is 1. The molecule has 0 spiro atoms. The molecule has 0 aromatic carbocycles. The summed E-state index contributed by atoms with van der Waals surface area (Å²) in [6, 6.07) is 3.88. The normalized spacial score (nSPS) is 14.4. The first kappa shape index (κ1) is 17.0. The number of allylic oxidation sites excluding steroid dienone is 1. The Labute approximate surface area is 149 Å². The Kier molecular flexibility index (Phi) is 5.92. The molecule has 0 atom stereocenters. The summed E-state index contributed by atoms with van der Waals surface area (Å²) in [6.45, 7) is 0.695. The summed E-state index contributed by atoms with van der Waals surface area (Å²) in [5.74, 6) is 6.93. The molecule has 0 fully saturated rings. The lowest BCUT2D eigenvalue weighted by Gasteiger charge is -2.12. The SMILES string of the molecule is Nn1c(SCC(=O)NCCC2=CCCCC2)nnc1-c1cccs1. The Balaban J connectivity index is 1.44. The minimum absolute atomic E-state index is 0.00270. The molecule has 1 amide bonds. The van der Waals surface area contributed by atoms with Crippen LogP contribution in [0.3, 0.4) is 0 Å². The average molecular weight is 364 g/mol. The van der Waals surface area contributed by atoms with Gasteiger partial charge < -0.3 is 11.2 Å². The van der Waals surface area contributed by atoms with Gasteiger partial charge in [-0.15, -0.1) is 21.5 Å². The third-order valence-corrected chi connectivity index (χ3v) is 5.70. The van der Waals surface area contributed by atoms with Crippen molar-refractivity contribution in [3.8, 4) is 10.7 Å². The predicted molar refractivity (Wildman–Crippen MR) is 98.4 cm³/mol. The topological polar surface area (TPSA) is 85.8 Å². The summed E-state index contributed by atoms with van der Waals surface area (Å²) < 4.78 is 1.44. The van der Waals surface area contributed by atoms with Gasteiger partial charge in [0.05, 0.1) is 10.6 Å². The monoisotopic (exact) mass is 363 g/mol. The number of thiophene rings is 1. The first-order chi connectivity index (χ1) is 11.7. The van der Waals surface area contributed by atoms with Gasteiger partial charge in [-0.3, -0.25) is 4.79 Å². The Morgan fingerprint density at radius 2 is 2.33 bits per heavy atom. The van der Waals surface area contributed by atoms with E-state index in [9.17, 15) is 4.79 Å². The second-order valence-electron chi connectivity index (χ2n) is 5.65. The number of rotatable bonds is 7. The summed E-state index contributed by atoms with van der Waals surface area (Å²) in [5.41, 5.74) is 1.47. The van der Waals surface area contributed by atoms with Crippen molar-refractivity contribution < 1.29 is 4.79 Å². The van der Waals surface area contributed by atoms with Crippen LogP contribution in [0.25, 0.3) is 10.7 Å². The van der Waals surface area contributed by atoms with Crippen LogP contribution in [0.5, 0.6) is 0 Å². The number of aromatic nitrogens is 3. The van der Waals surface area contributed by atoms with Gasteiger partial charge in [0.1, 0.15) is 0 Å². The smallest absolute Gasteiger partial charge is 0.230 e. The van der Waals surface area contributed by atoms with Gasteiger partial charge in [0, 0.05) is 6.54 Å². The van der Waals surface area contributed by atoms with Gasteiger partial charge in [0.25, 0.3) is 0 Å². The van der Waals surface area contributed by atoms with E-state index in [0.29, 0.717) is 23.3 Å². The van der Waals surface area contributed by atoms with Crippen molar-refractivity contribution in [2.75, 3.05) is 18.1 Å². The highest BCUT2D eigenvalue weighted by molar-refractivity contribution is 7.99. The van der Waals surface area contributed by atoms with E-state index in [1.807, 2.05) is 17.5 Å². The highest BCUT2D eigenvalue weighted by Crippen LogP contribution is 2.25. The zero-order valence-electron chi connectivity index (χ0n) is 13.4. The van der Waals surface area contributed by atoms with Crippen molar-refractivity contribution in [3.05, 3.63) is 29.2 Å². The minimum Gasteiger partial charge on any atom is -0.355 e. The van der Waals surface area contributed by atoms with Gasteiger partial charge >= 0.3 is 0 Å². The number of carbonyl (C=O) groups excluding carboxylic acids is 1. The zero-order chi connectivity index (χ0) is 16.8. The van der Waals surface area contributed by atoms with Crippen LogP contribution in [0.1, 0.15) is 32.1 Å². The van der Waals surface area contributed by atoms with Crippen molar-refractivity contribution in [1.29, 1.82) is 0 Å². The van der Waals surface area contributed by atoms with Gasteiger partial charge in [-0.25, -0.2) is 4.68 Å². The molecule has 0 unspecified atom stereocenters. The van der Waals surface area contributed by atoms with E-state index in [-0.39, 0.29) is 5.91 Å². The van der Waals surface area contributed by atoms with Crippen LogP contribution in [-0.4, -0.2) is 33.1 Å². The first-order valence-corrected chi connectivity index (χ1v) is 9.92. The van der Waals surface area contributed by atoms with Crippen LogP contribution in [0.4, 0.5) is 0 Å². The Hall–Kier alpha value is -1.80. The Morgan fingerprint density at radius 1 is 1.42 bits per heavy atom. The van der Waals surface area contributed by atoms with Crippen molar-refractivity contribution in [2.45, 2.75) is 37.3 Å². The van der Waals surface area contributed by atoms with Crippen molar-refractivity contribution in [2.24, 2.45) is 0 Å². The number of nitrogens with zero attached hydrogens (tertiary/aromatic N) is 3. The lowest BCUT2D eigenvalue weighted by atomic mass is 9.97. The van der Waals surface area contributed by atoms with E-state index in [4.69, 9.17) is 5.84 Å². The first-order valence-electron chi connectivity index (χ1n) is 8.06. The van der Waals surface area contributed by atoms with Gasteiger partial charge in [-0.1, -0.05) is 29.5 Å². The van der Waals surface area contributed by atoms with Crippen molar-refractivity contribution >= 4 is 29.0 Å². The minimum atomic E-state index is -0.00270. The zero-order valence-corrected chi connectivity index (χ0v) is 15.0. The van der Waals surface area contributed by atoms with Crippen molar-refractivity contribution in [1.82, 2.24) is 20.2 Å². The van der Waals surface area contributed by atoms with E-state index >= 15 is 0 Å². The molecule has 1 aliphatic rings. The second-order valence-corrected chi connectivity index (χ2v) is 7.54. The van der Waals surface area contributed by atoms with Gasteiger partial charge in [0.2, 0.25) is 11.1 Å². The maximum Gasteiger partial charge on any atom is 0.230 e. The molecule has 6 nitrogen and oxygen atoms in total. The number of nitrogens with two attached hydrogens (primary N) is 1. The molecule has 2 aromatic rings. The Bertz CT molecular complexity index is 708. The summed E-state index contributed by atoms with van der Waals surface area (Å²) >= 11 is 2.86. The summed E-state index contributed by atoms with van der Waals surface area (Å²) in [7, 11) is 0. The highest BCUT2D eigenvalue weighted by atomic mass is 32.2. The van der Waals surface area contributed by atoms with Gasteiger partial charge in [-0.2, -0.15) is 0 Å². The molecule has 0 saturated carbocycles. The molecule has 8 heteroatoms. The lowest BCUT2D eigenvalue weighted by Crippen LogP contribution is -2.26. The van der Waals surface area contributed by atoms with Crippen LogP contribution >= 0.6 is 23.1 Å². The molecule has 0 aliphatic heterocycles. The summed E-state index contributed by atoms with van der Waals surface area (Å²) in [5, 5.41) is 13.6. The molecular weight excluding hydrogens is 342 g/mol. The van der Waals surface area contributed by atoms with Crippen molar-refractivity contribution in [3.63, 3.8) is 0 Å². The fraction of sp³-hybridized carbons (Fsp3) is 0.438. The third kappa shape index (κ3) is 4.39. The van der Waals surface area contributed by atoms with Crippen LogP contribution in [0.15, 0.2) is 34.3 Å². The largest absolute Gasteiger partial charge is 0.355 e. The molecule has 0 radical (unpaired) electrons. The number of nitrogen functional groups attached to an aromatic ring is 1.